The molecule has 0 atom stereocenters. The van der Waals surface area contributed by atoms with Gasteiger partial charge in [0.15, 0.2) is 5.78 Å². The summed E-state index contributed by atoms with van der Waals surface area (Å²) in [7, 11) is -3.59. The van der Waals surface area contributed by atoms with Crippen LogP contribution in [0.5, 0.6) is 0 Å². The topological polar surface area (TPSA) is 72.8 Å². The van der Waals surface area contributed by atoms with E-state index in [2.05, 4.69) is 9.44 Å². The minimum Gasteiger partial charge on any atom is -0.293 e. The molecule has 0 spiro atoms. The van der Waals surface area contributed by atoms with Gasteiger partial charge in [-0.25, -0.2) is 0 Å². The third-order valence-corrected chi connectivity index (χ3v) is 1.16. The van der Waals surface area contributed by atoms with Crippen LogP contribution in [0.1, 0.15) is 13.8 Å². The fraction of sp³-hybridized carbons (Fsp3) is 0.600. The van der Waals surface area contributed by atoms with Crippen molar-refractivity contribution in [1.82, 2.24) is 0 Å². The molecule has 5 nitrogen and oxygen atoms in total. The summed E-state index contributed by atoms with van der Waals surface area (Å²) < 4.78 is 24.6. The zero-order chi connectivity index (χ0) is 9.07. The summed E-state index contributed by atoms with van der Waals surface area (Å²) in [5, 5.41) is 3.07. The van der Waals surface area contributed by atoms with Crippen molar-refractivity contribution >= 4 is 21.6 Å². The zero-order valence-corrected chi connectivity index (χ0v) is 7.30. The Morgan fingerprint density at radius 1 is 1.36 bits per heavy atom. The first kappa shape index (κ1) is 10.1. The predicted octanol–water partition coefficient (Wildman–Crippen LogP) is -0.0725. The third-order valence-electron chi connectivity index (χ3n) is 0.819. The van der Waals surface area contributed by atoms with Crippen molar-refractivity contribution in [2.75, 3.05) is 6.26 Å². The van der Waals surface area contributed by atoms with Crippen molar-refractivity contribution in [2.45, 2.75) is 13.8 Å². The van der Waals surface area contributed by atoms with Crippen molar-refractivity contribution in [2.24, 2.45) is 5.16 Å². The van der Waals surface area contributed by atoms with Gasteiger partial charge in [0.05, 0.1) is 6.26 Å². The lowest BCUT2D eigenvalue weighted by Crippen LogP contribution is -2.07. The van der Waals surface area contributed by atoms with Gasteiger partial charge in [0.25, 0.3) is 0 Å². The van der Waals surface area contributed by atoms with E-state index in [1.807, 2.05) is 0 Å². The van der Waals surface area contributed by atoms with Gasteiger partial charge in [-0.05, 0) is 6.92 Å². The van der Waals surface area contributed by atoms with E-state index in [0.717, 1.165) is 6.26 Å². The number of rotatable bonds is 3. The Kier molecular flexibility index (Phi) is 3.18. The molecule has 0 aliphatic carbocycles. The first-order chi connectivity index (χ1) is 4.83. The molecule has 0 aromatic carbocycles. The number of oxime groups is 1. The van der Waals surface area contributed by atoms with Gasteiger partial charge in [0, 0.05) is 6.92 Å². The molecule has 11 heavy (non-hydrogen) atoms. The fourth-order valence-electron chi connectivity index (χ4n) is 0.188. The molecule has 0 saturated carbocycles. The fourth-order valence-corrected chi connectivity index (χ4v) is 0.435. The minimum absolute atomic E-state index is 0.0235. The quantitative estimate of drug-likeness (QED) is 0.449. The van der Waals surface area contributed by atoms with E-state index in [0.29, 0.717) is 0 Å². The Labute approximate surface area is 65.2 Å². The zero-order valence-electron chi connectivity index (χ0n) is 6.49. The summed E-state index contributed by atoms with van der Waals surface area (Å²) >= 11 is 0. The molecule has 6 heteroatoms. The summed E-state index contributed by atoms with van der Waals surface area (Å²) in [5.41, 5.74) is 0.0235. The maximum absolute atomic E-state index is 10.5. The van der Waals surface area contributed by atoms with Crippen LogP contribution in [0.2, 0.25) is 0 Å². The Morgan fingerprint density at radius 2 is 1.82 bits per heavy atom. The van der Waals surface area contributed by atoms with E-state index in [1.54, 1.807) is 0 Å². The Morgan fingerprint density at radius 3 is 2.09 bits per heavy atom. The number of ketones is 1. The molecular weight excluding hydrogens is 170 g/mol. The van der Waals surface area contributed by atoms with Gasteiger partial charge in [-0.3, -0.25) is 9.08 Å². The van der Waals surface area contributed by atoms with Gasteiger partial charge in [0.1, 0.15) is 5.71 Å². The van der Waals surface area contributed by atoms with Gasteiger partial charge < -0.3 is 0 Å². The normalized spacial score (nSPS) is 12.8. The van der Waals surface area contributed by atoms with Gasteiger partial charge in [0.2, 0.25) is 0 Å². The molecule has 0 bridgehead atoms. The molecule has 0 amide bonds. The summed E-state index contributed by atoms with van der Waals surface area (Å²) in [4.78, 5) is 10.5. The highest BCUT2D eigenvalue weighted by atomic mass is 32.2. The van der Waals surface area contributed by atoms with E-state index in [-0.39, 0.29) is 11.5 Å². The molecule has 0 rings (SSSR count). The molecule has 0 aliphatic rings. The van der Waals surface area contributed by atoms with Crippen molar-refractivity contribution in [3.05, 3.63) is 0 Å². The summed E-state index contributed by atoms with van der Waals surface area (Å²) in [6, 6.07) is 0. The molecule has 0 aromatic rings. The standard InChI is InChI=1S/C5H9NO4S/c1-4(5(2)7)6-10-11(3,8)9/h1-3H3/b6-4-. The Hall–Kier alpha value is -0.910. The second-order valence-electron chi connectivity index (χ2n) is 2.01. The average molecular weight is 179 g/mol. The number of hydrogen-bond acceptors (Lipinski definition) is 5. The highest BCUT2D eigenvalue weighted by Crippen LogP contribution is 1.89. The van der Waals surface area contributed by atoms with Crippen molar-refractivity contribution < 1.29 is 17.5 Å². The van der Waals surface area contributed by atoms with Gasteiger partial charge in [-0.2, -0.15) is 8.42 Å². The maximum Gasteiger partial charge on any atom is 0.325 e. The largest absolute Gasteiger partial charge is 0.325 e. The first-order valence-electron chi connectivity index (χ1n) is 2.77. The summed E-state index contributed by atoms with van der Waals surface area (Å²) in [6.07, 6.45) is 0.851. The maximum atomic E-state index is 10.5. The van der Waals surface area contributed by atoms with E-state index in [4.69, 9.17) is 0 Å². The van der Waals surface area contributed by atoms with Crippen LogP contribution in [0.25, 0.3) is 0 Å². The number of carbonyl (C=O) groups is 1. The lowest BCUT2D eigenvalue weighted by molar-refractivity contribution is -0.111. The van der Waals surface area contributed by atoms with Crippen LogP contribution in [0.3, 0.4) is 0 Å². The molecule has 0 heterocycles. The highest BCUT2D eigenvalue weighted by molar-refractivity contribution is 7.85. The number of Topliss-reactive ketones (excluding diaryl/α,β-unsaturated/α-hetero) is 1. The molecule has 0 saturated heterocycles. The van der Waals surface area contributed by atoms with Crippen molar-refractivity contribution in [1.29, 1.82) is 0 Å². The number of nitrogens with zero attached hydrogens (tertiary/aromatic N) is 1. The molecule has 0 N–H and O–H groups in total. The van der Waals surface area contributed by atoms with Crippen molar-refractivity contribution in [3.63, 3.8) is 0 Å². The second-order valence-corrected chi connectivity index (χ2v) is 3.57. The van der Waals surface area contributed by atoms with Crippen LogP contribution >= 0.6 is 0 Å². The van der Waals surface area contributed by atoms with Crippen LogP contribution in [0.15, 0.2) is 5.16 Å². The molecule has 0 aliphatic heterocycles. The number of carbonyl (C=O) groups excluding carboxylic acids is 1. The first-order valence-corrected chi connectivity index (χ1v) is 4.59. The molecule has 0 unspecified atom stereocenters. The SMILES string of the molecule is CC(=O)/C(C)=N\OS(C)(=O)=O. The van der Waals surface area contributed by atoms with E-state index < -0.39 is 10.1 Å². The van der Waals surface area contributed by atoms with Crippen LogP contribution in [-0.2, 0) is 19.2 Å². The molecule has 0 fully saturated rings. The lowest BCUT2D eigenvalue weighted by atomic mass is 10.3. The van der Waals surface area contributed by atoms with Crippen LogP contribution in [-0.4, -0.2) is 26.2 Å². The predicted molar refractivity (Wildman–Crippen MR) is 39.7 cm³/mol. The second kappa shape index (κ2) is 3.47. The number of hydrogen-bond donors (Lipinski definition) is 0. The average Bonchev–Trinajstić information content (AvgIpc) is 1.80. The Balaban J connectivity index is 4.27. The Bertz CT molecular complexity index is 277. The van der Waals surface area contributed by atoms with Gasteiger partial charge in [-0.15, -0.1) is 0 Å². The summed E-state index contributed by atoms with van der Waals surface area (Å²) in [6.45, 7) is 2.64. The third kappa shape index (κ3) is 5.53. The molecule has 0 aromatic heterocycles. The summed E-state index contributed by atoms with van der Waals surface area (Å²) in [5.74, 6) is -0.325. The van der Waals surface area contributed by atoms with E-state index in [1.165, 1.54) is 13.8 Å². The minimum atomic E-state index is -3.59. The molecule has 0 radical (unpaired) electrons. The van der Waals surface area contributed by atoms with Crippen LogP contribution in [0, 0.1) is 0 Å². The van der Waals surface area contributed by atoms with E-state index in [9.17, 15) is 13.2 Å². The van der Waals surface area contributed by atoms with Crippen molar-refractivity contribution in [3.8, 4) is 0 Å². The van der Waals surface area contributed by atoms with Gasteiger partial charge >= 0.3 is 10.1 Å². The van der Waals surface area contributed by atoms with Gasteiger partial charge in [-0.1, -0.05) is 5.16 Å². The molecule has 64 valence electrons. The lowest BCUT2D eigenvalue weighted by Gasteiger charge is -1.93. The highest BCUT2D eigenvalue weighted by Gasteiger charge is 2.02. The van der Waals surface area contributed by atoms with Crippen LogP contribution < -0.4 is 0 Å². The molecular formula is C5H9NO4S. The monoisotopic (exact) mass is 179 g/mol. The van der Waals surface area contributed by atoms with Crippen LogP contribution in [0.4, 0.5) is 0 Å². The smallest absolute Gasteiger partial charge is 0.293 e. The van der Waals surface area contributed by atoms with E-state index >= 15 is 0 Å².